The number of benzene rings is 2. The number of aliphatic hydroxyl groups is 13. The van der Waals surface area contributed by atoms with E-state index < -0.39 is 246 Å². The molecule has 0 bridgehead atoms. The highest BCUT2D eigenvalue weighted by Gasteiger charge is 2.55. The van der Waals surface area contributed by atoms with Crippen LogP contribution in [-0.2, 0) is 63.7 Å². The van der Waals surface area contributed by atoms with Gasteiger partial charge >= 0.3 is 5.97 Å². The number of nitrogens with zero attached hydrogens (tertiary/aromatic N) is 3. The molecule has 38 nitrogen and oxygen atoms in total. The third-order valence-corrected chi connectivity index (χ3v) is 17.3. The molecule has 4 saturated heterocycles. The fourth-order valence-corrected chi connectivity index (χ4v) is 11.8. The lowest BCUT2D eigenvalue weighted by Gasteiger charge is -2.46. The van der Waals surface area contributed by atoms with E-state index in [0.717, 1.165) is 4.90 Å². The van der Waals surface area contributed by atoms with Crippen molar-refractivity contribution in [3.05, 3.63) is 65.7 Å². The third kappa shape index (κ3) is 17.6. The highest BCUT2D eigenvalue weighted by Crippen LogP contribution is 2.33. The molecule has 538 valence electrons. The summed E-state index contributed by atoms with van der Waals surface area (Å²) in [6.45, 7) is -0.624. The van der Waals surface area contributed by atoms with Crippen LogP contribution in [0.4, 0.5) is 0 Å². The predicted octanol–water partition coefficient (Wildman–Crippen LogP) is -12.0. The predicted molar refractivity (Wildman–Crippen MR) is 326 cm³/mol. The molecule has 0 aliphatic carbocycles. The molecule has 2 aromatic rings. The summed E-state index contributed by atoms with van der Waals surface area (Å²) < 4.78 is 34.4. The fourth-order valence-electron chi connectivity index (χ4n) is 11.8. The number of nitrogens with two attached hydrogens (primary N) is 2. The van der Waals surface area contributed by atoms with Crippen LogP contribution in [0.5, 0.6) is 5.75 Å². The Morgan fingerprint density at radius 3 is 1.81 bits per heavy atom. The van der Waals surface area contributed by atoms with Gasteiger partial charge in [0.25, 0.3) is 0 Å². The number of carbonyl (C=O) groups excluding carboxylic acids is 7. The minimum atomic E-state index is -2.36. The molecule has 2 aromatic carbocycles. The van der Waals surface area contributed by atoms with Crippen molar-refractivity contribution >= 4 is 53.3 Å². The number of guanidine groups is 2. The number of aliphatic imine (C=N–C) groups is 2. The Morgan fingerprint density at radius 2 is 1.19 bits per heavy atom. The van der Waals surface area contributed by atoms with Gasteiger partial charge in [0.2, 0.25) is 41.7 Å². The largest absolute Gasteiger partial charge is 0.462 e. The molecule has 4 fully saturated rings. The van der Waals surface area contributed by atoms with Gasteiger partial charge in [-0.3, -0.25) is 43.5 Å². The van der Waals surface area contributed by atoms with Crippen molar-refractivity contribution in [3.63, 3.8) is 0 Å². The summed E-state index contributed by atoms with van der Waals surface area (Å²) in [6.07, 6.45) is -32.0. The fraction of sp³-hybridized carbons (Fsp3) is 0.644. The van der Waals surface area contributed by atoms with Gasteiger partial charge in [-0.15, -0.1) is 0 Å². The van der Waals surface area contributed by atoms with Crippen molar-refractivity contribution in [2.45, 2.75) is 186 Å². The zero-order chi connectivity index (χ0) is 70.9. The SMILES string of the molecule is CC(C)CC(=O)O[C@@H]1[C@@H](O[C@H]2[C@H](O)[C@H](O)[C@@H](Oc3ccc(C[C@H]4NC(=O)[C@H]([C@@H](C)c5ccccc5)NC(=O)CNC(=O)[C@H](CO)NC(=O)[C@@H]([C@@H](O)[C@@H]5CN=C(N)N5[C@H]5O[C@H](CO)[C@@H](O)[C@H](O)[C@@H]5O)NC(=O)C([C@@H](O)[C@@H]5CN=C(N)N5)NC4=O)cc3)O[C@@H]2CO)O[C@H](CO)[C@@H](O)[C@@H]1O. The van der Waals surface area contributed by atoms with Crippen molar-refractivity contribution in [3.8, 4) is 5.75 Å². The minimum Gasteiger partial charge on any atom is -0.462 e. The summed E-state index contributed by atoms with van der Waals surface area (Å²) >= 11 is 0. The zero-order valence-electron chi connectivity index (χ0n) is 52.7. The Labute approximate surface area is 553 Å². The van der Waals surface area contributed by atoms with Crippen LogP contribution < -0.4 is 53.4 Å². The zero-order valence-corrected chi connectivity index (χ0v) is 52.7. The van der Waals surface area contributed by atoms with Crippen molar-refractivity contribution in [1.29, 1.82) is 0 Å². The summed E-state index contributed by atoms with van der Waals surface area (Å²) in [5.74, 6) is -10.1. The van der Waals surface area contributed by atoms with E-state index in [1.54, 1.807) is 51.1 Å². The molecule has 0 aromatic heterocycles. The van der Waals surface area contributed by atoms with Crippen LogP contribution in [0.3, 0.4) is 0 Å². The molecule has 6 heterocycles. The second-order valence-electron chi connectivity index (χ2n) is 24.6. The topological polar surface area (TPSA) is 602 Å². The number of amides is 6. The van der Waals surface area contributed by atoms with Crippen molar-refractivity contribution in [2.24, 2.45) is 27.4 Å². The Balaban J connectivity index is 1.10. The normalized spacial score (nSPS) is 35.9. The maximum atomic E-state index is 15.2. The molecular formula is C59H86N12O26. The number of hydrogen-bond donors (Lipinski definition) is 22. The molecule has 6 amide bonds. The third-order valence-electron chi connectivity index (χ3n) is 17.3. The second-order valence-corrected chi connectivity index (χ2v) is 24.6. The number of nitrogens with one attached hydrogen (secondary N) is 7. The lowest BCUT2D eigenvalue weighted by atomic mass is 9.92. The minimum absolute atomic E-state index is 0.0869. The van der Waals surface area contributed by atoms with Crippen LogP contribution >= 0.6 is 0 Å². The molecule has 25 atom stereocenters. The smallest absolute Gasteiger partial charge is 0.306 e. The average Bonchev–Trinajstić information content (AvgIpc) is 1.73. The molecule has 97 heavy (non-hydrogen) atoms. The standard InChI is InChI=1S/C59H86N12O26/c1-22(2)13-35(77)96-49-44(83)42(81)32(20-74)94-57(49)97-48-33(21-75)95-56(47(86)45(48)84)92-26-11-9-24(10-12-26)14-27-51(88)69-37(39(78)28-15-63-58(60)67-28)54(91)70-38(40(79)30-16-64-59(61)71(30)55-46(85)43(82)41(80)31(19-73)93-55)53(90)66-29(18-72)50(87)62-17-34(76)68-36(52(89)65-27)23(3)25-7-5-4-6-8-25/h4-12,22-23,27-33,36-49,55-57,72-75,78-86H,13-21H2,1-3H3,(H2,61,64)(H,62,87)(H,65,89)(H,66,90)(H,68,76)(H,69,88)(H,70,91)(H3,60,63,67)/t23-,27+,28-,29-,30-,31+,32+,33+,36-,37?,38+,39-,40-,41+,42+,43-,44-,45+,46-,47-,48+,49-,55-,56-,57+/m0/s1. The van der Waals surface area contributed by atoms with Gasteiger partial charge in [0.15, 0.2) is 30.5 Å². The second kappa shape index (κ2) is 33.3. The van der Waals surface area contributed by atoms with Gasteiger partial charge in [-0.05, 0) is 29.2 Å². The van der Waals surface area contributed by atoms with Crippen molar-refractivity contribution < 1.29 is 128 Å². The van der Waals surface area contributed by atoms with Crippen LogP contribution in [-0.4, -0.2) is 317 Å². The maximum absolute atomic E-state index is 15.2. The van der Waals surface area contributed by atoms with E-state index in [-0.39, 0.29) is 36.2 Å². The molecule has 38 heteroatoms. The van der Waals surface area contributed by atoms with Crippen LogP contribution in [0.25, 0.3) is 0 Å². The molecule has 0 radical (unpaired) electrons. The van der Waals surface area contributed by atoms with Crippen LogP contribution in [0.15, 0.2) is 64.6 Å². The van der Waals surface area contributed by atoms with Crippen LogP contribution in [0, 0.1) is 5.92 Å². The highest BCUT2D eigenvalue weighted by molar-refractivity contribution is 5.98. The van der Waals surface area contributed by atoms with Crippen LogP contribution in [0.2, 0.25) is 0 Å². The molecule has 0 saturated carbocycles. The quantitative estimate of drug-likeness (QED) is 0.0547. The molecule has 1 unspecified atom stereocenters. The first kappa shape index (κ1) is 75.2. The number of rotatable bonds is 20. The molecule has 24 N–H and O–H groups in total. The van der Waals surface area contributed by atoms with E-state index >= 15 is 9.59 Å². The van der Waals surface area contributed by atoms with Gasteiger partial charge < -0.3 is 148 Å². The van der Waals surface area contributed by atoms with E-state index in [2.05, 4.69) is 47.2 Å². The van der Waals surface area contributed by atoms with Gasteiger partial charge in [0.1, 0.15) is 115 Å². The average molecular weight is 1380 g/mol. The number of esters is 1. The monoisotopic (exact) mass is 1380 g/mol. The number of ether oxygens (including phenoxy) is 6. The first-order chi connectivity index (χ1) is 46.1. The highest BCUT2D eigenvalue weighted by atomic mass is 16.7. The van der Waals surface area contributed by atoms with E-state index in [1.165, 1.54) is 24.3 Å². The van der Waals surface area contributed by atoms with E-state index in [4.69, 9.17) is 39.9 Å². The lowest BCUT2D eigenvalue weighted by Crippen LogP contribution is -2.70. The molecule has 0 spiro atoms. The molecule has 6 aliphatic rings. The summed E-state index contributed by atoms with van der Waals surface area (Å²) in [6, 6.07) is 0.733. The molecular weight excluding hydrogens is 1290 g/mol. The van der Waals surface area contributed by atoms with Crippen molar-refractivity contribution in [1.82, 2.24) is 42.1 Å². The van der Waals surface area contributed by atoms with E-state index in [9.17, 15) is 90.4 Å². The van der Waals surface area contributed by atoms with Crippen LogP contribution in [0.1, 0.15) is 44.2 Å². The summed E-state index contributed by atoms with van der Waals surface area (Å²) in [7, 11) is 0. The first-order valence-corrected chi connectivity index (χ1v) is 31.2. The van der Waals surface area contributed by atoms with Gasteiger partial charge in [0.05, 0.1) is 58.1 Å². The van der Waals surface area contributed by atoms with E-state index in [1.807, 2.05) is 0 Å². The summed E-state index contributed by atoms with van der Waals surface area (Å²) in [5, 5.41) is 159. The lowest BCUT2D eigenvalue weighted by molar-refractivity contribution is -0.353. The first-order valence-electron chi connectivity index (χ1n) is 31.2. The number of aliphatic hydroxyl groups excluding tert-OH is 13. The number of hydrogen-bond acceptors (Lipinski definition) is 32. The van der Waals surface area contributed by atoms with Gasteiger partial charge in [-0.25, -0.2) is 0 Å². The Hall–Kier alpha value is -7.61. The summed E-state index contributed by atoms with van der Waals surface area (Å²) in [5.41, 5.74) is 12.8. The Bertz CT molecular complexity index is 3100. The van der Waals surface area contributed by atoms with Gasteiger partial charge in [-0.1, -0.05) is 63.2 Å². The van der Waals surface area contributed by atoms with Gasteiger partial charge in [0, 0.05) is 18.8 Å². The number of carbonyl (C=O) groups is 7. The van der Waals surface area contributed by atoms with E-state index in [0.29, 0.717) is 5.56 Å². The van der Waals surface area contributed by atoms with Gasteiger partial charge in [-0.2, -0.15) is 0 Å². The Morgan fingerprint density at radius 1 is 0.598 bits per heavy atom. The maximum Gasteiger partial charge on any atom is 0.306 e. The Kier molecular flexibility index (Phi) is 25.8. The molecule has 8 rings (SSSR count). The molecule has 6 aliphatic heterocycles. The summed E-state index contributed by atoms with van der Waals surface area (Å²) in [4.78, 5) is 109. The van der Waals surface area contributed by atoms with Crippen molar-refractivity contribution in [2.75, 3.05) is 46.1 Å².